The van der Waals surface area contributed by atoms with E-state index in [2.05, 4.69) is 12.6 Å². The van der Waals surface area contributed by atoms with Gasteiger partial charge >= 0.3 is 5.97 Å². The zero-order valence-corrected chi connectivity index (χ0v) is 13.3. The average Bonchev–Trinajstić information content (AvgIpc) is 2.34. The minimum Gasteiger partial charge on any atom is -0.481 e. The van der Waals surface area contributed by atoms with E-state index in [4.69, 9.17) is 5.73 Å². The molecule has 0 radical (unpaired) electrons. The van der Waals surface area contributed by atoms with Gasteiger partial charge in [-0.3, -0.25) is 9.59 Å². The number of carboxylic acid groups (broad SMARTS) is 1. The molecule has 4 nitrogen and oxygen atoms in total. The molecule has 0 aromatic rings. The Morgan fingerprint density at radius 2 is 1.80 bits per heavy atom. The molecule has 1 aliphatic carbocycles. The van der Waals surface area contributed by atoms with Crippen LogP contribution in [-0.2, 0) is 9.59 Å². The Balaban J connectivity index is 2.84. The van der Waals surface area contributed by atoms with Crippen LogP contribution < -0.4 is 5.73 Å². The number of hydrogen-bond donors (Lipinski definition) is 3. The van der Waals surface area contributed by atoms with Crippen molar-refractivity contribution >= 4 is 24.5 Å². The third-order valence-electron chi connectivity index (χ3n) is 4.34. The molecule has 1 aliphatic rings. The number of thiol groups is 1. The SMILES string of the molecule is CC(C)CC(C(=O)O)C(CC(N)=O)C1CCC(S)CC1. The molecule has 2 unspecified atom stereocenters. The Morgan fingerprint density at radius 1 is 1.25 bits per heavy atom. The summed E-state index contributed by atoms with van der Waals surface area (Å²) in [5.41, 5.74) is 5.35. The molecule has 3 N–H and O–H groups in total. The van der Waals surface area contributed by atoms with E-state index in [1.807, 2.05) is 13.8 Å². The van der Waals surface area contributed by atoms with E-state index in [0.29, 0.717) is 17.6 Å². The Morgan fingerprint density at radius 3 is 2.20 bits per heavy atom. The Kier molecular flexibility index (Phi) is 6.86. The van der Waals surface area contributed by atoms with Gasteiger partial charge in [-0.2, -0.15) is 12.6 Å². The molecule has 1 amide bonds. The molecule has 0 aliphatic heterocycles. The van der Waals surface area contributed by atoms with Crippen LogP contribution in [0.15, 0.2) is 0 Å². The normalized spacial score (nSPS) is 26.2. The smallest absolute Gasteiger partial charge is 0.306 e. The lowest BCUT2D eigenvalue weighted by Gasteiger charge is -2.35. The van der Waals surface area contributed by atoms with Crippen LogP contribution in [0.3, 0.4) is 0 Å². The number of carbonyl (C=O) groups is 2. The summed E-state index contributed by atoms with van der Waals surface area (Å²) in [6.07, 6.45) is 4.69. The molecule has 0 spiro atoms. The molecular formula is C15H27NO3S. The maximum Gasteiger partial charge on any atom is 0.306 e. The Hall–Kier alpha value is -0.710. The van der Waals surface area contributed by atoms with Crippen molar-refractivity contribution in [3.63, 3.8) is 0 Å². The lowest BCUT2D eigenvalue weighted by atomic mass is 9.70. The van der Waals surface area contributed by atoms with E-state index in [-0.39, 0.29) is 18.3 Å². The third kappa shape index (κ3) is 5.35. The van der Waals surface area contributed by atoms with Crippen molar-refractivity contribution in [1.82, 2.24) is 0 Å². The molecule has 0 aromatic carbocycles. The highest BCUT2D eigenvalue weighted by atomic mass is 32.1. The van der Waals surface area contributed by atoms with Gasteiger partial charge in [0.1, 0.15) is 0 Å². The van der Waals surface area contributed by atoms with Gasteiger partial charge in [-0.05, 0) is 49.9 Å². The van der Waals surface area contributed by atoms with Gasteiger partial charge in [0.05, 0.1) is 5.92 Å². The largest absolute Gasteiger partial charge is 0.481 e. The van der Waals surface area contributed by atoms with Crippen LogP contribution in [0.5, 0.6) is 0 Å². The van der Waals surface area contributed by atoms with Gasteiger partial charge in [0.25, 0.3) is 0 Å². The third-order valence-corrected chi connectivity index (χ3v) is 4.86. The van der Waals surface area contributed by atoms with E-state index in [1.54, 1.807) is 0 Å². The topological polar surface area (TPSA) is 80.4 Å². The number of nitrogens with two attached hydrogens (primary N) is 1. The predicted octanol–water partition coefficient (Wildman–Crippen LogP) is 2.71. The van der Waals surface area contributed by atoms with Crippen molar-refractivity contribution in [3.05, 3.63) is 0 Å². The van der Waals surface area contributed by atoms with Gasteiger partial charge in [0.15, 0.2) is 0 Å². The zero-order valence-electron chi connectivity index (χ0n) is 12.4. The number of primary amides is 1. The summed E-state index contributed by atoms with van der Waals surface area (Å²) < 4.78 is 0. The highest BCUT2D eigenvalue weighted by Gasteiger charge is 2.37. The monoisotopic (exact) mass is 301 g/mol. The van der Waals surface area contributed by atoms with Gasteiger partial charge in [-0.1, -0.05) is 13.8 Å². The van der Waals surface area contributed by atoms with Gasteiger partial charge < -0.3 is 10.8 Å². The average molecular weight is 301 g/mol. The van der Waals surface area contributed by atoms with Crippen LogP contribution in [0, 0.1) is 23.7 Å². The maximum absolute atomic E-state index is 11.6. The zero-order chi connectivity index (χ0) is 15.3. The molecule has 0 saturated heterocycles. The van der Waals surface area contributed by atoms with Crippen LogP contribution in [0.4, 0.5) is 0 Å². The molecule has 0 heterocycles. The number of hydrogen-bond acceptors (Lipinski definition) is 3. The summed E-state index contributed by atoms with van der Waals surface area (Å²) in [6.45, 7) is 4.03. The summed E-state index contributed by atoms with van der Waals surface area (Å²) in [6, 6.07) is 0. The first-order chi connectivity index (χ1) is 9.31. The summed E-state index contributed by atoms with van der Waals surface area (Å²) >= 11 is 4.48. The van der Waals surface area contributed by atoms with Crippen LogP contribution in [-0.4, -0.2) is 22.2 Å². The number of rotatable bonds is 7. The van der Waals surface area contributed by atoms with Gasteiger partial charge in [-0.15, -0.1) is 0 Å². The second-order valence-corrected chi connectivity index (χ2v) is 7.21. The summed E-state index contributed by atoms with van der Waals surface area (Å²) in [5.74, 6) is -1.20. The first-order valence-electron chi connectivity index (χ1n) is 7.50. The lowest BCUT2D eigenvalue weighted by Crippen LogP contribution is -2.35. The predicted molar refractivity (Wildman–Crippen MR) is 82.6 cm³/mol. The van der Waals surface area contributed by atoms with Crippen molar-refractivity contribution in [1.29, 1.82) is 0 Å². The molecule has 116 valence electrons. The van der Waals surface area contributed by atoms with E-state index >= 15 is 0 Å². The number of carboxylic acids is 1. The Labute approximate surface area is 126 Å². The highest BCUT2D eigenvalue weighted by Crippen LogP contribution is 2.39. The fourth-order valence-corrected chi connectivity index (χ4v) is 3.66. The van der Waals surface area contributed by atoms with Crippen LogP contribution in [0.2, 0.25) is 0 Å². The van der Waals surface area contributed by atoms with E-state index in [1.165, 1.54) is 0 Å². The van der Waals surface area contributed by atoms with E-state index in [9.17, 15) is 14.7 Å². The van der Waals surface area contributed by atoms with E-state index < -0.39 is 17.8 Å². The quantitative estimate of drug-likeness (QED) is 0.632. The van der Waals surface area contributed by atoms with Gasteiger partial charge in [0, 0.05) is 11.7 Å². The summed E-state index contributed by atoms with van der Waals surface area (Å²) in [4.78, 5) is 22.9. The molecule has 5 heteroatoms. The van der Waals surface area contributed by atoms with Crippen LogP contribution in [0.1, 0.15) is 52.4 Å². The molecule has 2 atom stereocenters. The molecule has 0 bridgehead atoms. The van der Waals surface area contributed by atoms with E-state index in [0.717, 1.165) is 25.7 Å². The molecule has 20 heavy (non-hydrogen) atoms. The van der Waals surface area contributed by atoms with Crippen molar-refractivity contribution in [2.75, 3.05) is 0 Å². The minimum absolute atomic E-state index is 0.131. The van der Waals surface area contributed by atoms with Crippen LogP contribution in [0.25, 0.3) is 0 Å². The number of carbonyl (C=O) groups excluding carboxylic acids is 1. The maximum atomic E-state index is 11.6. The first-order valence-corrected chi connectivity index (χ1v) is 8.02. The molecule has 0 aromatic heterocycles. The second kappa shape index (κ2) is 7.91. The van der Waals surface area contributed by atoms with Crippen molar-refractivity contribution < 1.29 is 14.7 Å². The molecule has 1 rings (SSSR count). The van der Waals surface area contributed by atoms with Crippen molar-refractivity contribution in [2.45, 2.75) is 57.6 Å². The first kappa shape index (κ1) is 17.3. The highest BCUT2D eigenvalue weighted by molar-refractivity contribution is 7.80. The molecular weight excluding hydrogens is 274 g/mol. The van der Waals surface area contributed by atoms with Gasteiger partial charge in [0.2, 0.25) is 5.91 Å². The number of aliphatic carboxylic acids is 1. The summed E-state index contributed by atoms with van der Waals surface area (Å²) in [5, 5.41) is 9.93. The fourth-order valence-electron chi connectivity index (χ4n) is 3.37. The number of amides is 1. The van der Waals surface area contributed by atoms with Crippen LogP contribution >= 0.6 is 12.6 Å². The minimum atomic E-state index is -0.794. The van der Waals surface area contributed by atoms with Crippen molar-refractivity contribution in [3.8, 4) is 0 Å². The summed E-state index contributed by atoms with van der Waals surface area (Å²) in [7, 11) is 0. The fraction of sp³-hybridized carbons (Fsp3) is 0.867. The molecule has 1 fully saturated rings. The lowest BCUT2D eigenvalue weighted by molar-refractivity contribution is -0.146. The Bertz CT molecular complexity index is 338. The second-order valence-electron chi connectivity index (χ2n) is 6.48. The standard InChI is InChI=1S/C15H27NO3S/c1-9(2)7-13(15(18)19)12(8-14(16)17)10-3-5-11(20)6-4-10/h9-13,20H,3-8H2,1-2H3,(H2,16,17)(H,18,19). The van der Waals surface area contributed by atoms with Crippen molar-refractivity contribution in [2.24, 2.45) is 29.4 Å². The van der Waals surface area contributed by atoms with Gasteiger partial charge in [-0.25, -0.2) is 0 Å². The molecule has 1 saturated carbocycles.